The van der Waals surface area contributed by atoms with Gasteiger partial charge in [-0.15, -0.1) is 0 Å². The summed E-state index contributed by atoms with van der Waals surface area (Å²) in [5.74, 6) is -0.579. The number of aromatic nitrogens is 2. The van der Waals surface area contributed by atoms with Gasteiger partial charge in [-0.05, 0) is 13.0 Å². The third-order valence-electron chi connectivity index (χ3n) is 2.30. The molecule has 0 saturated heterocycles. The van der Waals surface area contributed by atoms with E-state index in [9.17, 15) is 14.4 Å². The van der Waals surface area contributed by atoms with Gasteiger partial charge >= 0.3 is 11.7 Å². The van der Waals surface area contributed by atoms with Crippen LogP contribution in [0.5, 0.6) is 0 Å². The lowest BCUT2D eigenvalue weighted by molar-refractivity contribution is -0.137. The van der Waals surface area contributed by atoms with Crippen molar-refractivity contribution in [1.29, 1.82) is 0 Å². The molecule has 0 unspecified atom stereocenters. The highest BCUT2D eigenvalue weighted by atomic mass is 35.5. The second-order valence-electron chi connectivity index (χ2n) is 3.50. The molecule has 0 aromatic carbocycles. The maximum Gasteiger partial charge on any atom is 0.331 e. The van der Waals surface area contributed by atoms with E-state index >= 15 is 0 Å². The van der Waals surface area contributed by atoms with Crippen LogP contribution in [0.25, 0.3) is 6.08 Å². The fraction of sp³-hybridized carbons (Fsp3) is 0.364. The van der Waals surface area contributed by atoms with E-state index in [1.54, 1.807) is 6.92 Å². The van der Waals surface area contributed by atoms with Gasteiger partial charge in [-0.2, -0.15) is 0 Å². The smallest absolute Gasteiger partial charge is 0.331 e. The molecule has 0 aliphatic heterocycles. The first-order valence-electron chi connectivity index (χ1n) is 5.20. The lowest BCUT2D eigenvalue weighted by atomic mass is 10.3. The number of halogens is 1. The molecule has 0 aliphatic carbocycles. The van der Waals surface area contributed by atoms with Crippen molar-refractivity contribution in [2.45, 2.75) is 6.92 Å². The van der Waals surface area contributed by atoms with Crippen LogP contribution in [0.1, 0.15) is 12.5 Å². The molecule has 0 atom stereocenters. The third-order valence-corrected chi connectivity index (χ3v) is 2.76. The molecule has 0 N–H and O–H groups in total. The van der Waals surface area contributed by atoms with E-state index in [2.05, 4.69) is 4.74 Å². The lowest BCUT2D eigenvalue weighted by Gasteiger charge is -2.07. The second-order valence-corrected chi connectivity index (χ2v) is 3.85. The molecule has 1 rings (SSSR count). The van der Waals surface area contributed by atoms with Crippen LogP contribution in [0.4, 0.5) is 0 Å². The SMILES string of the molecule is CCOC(=O)C=Cc1c(Cl)n(C)c(=O)n(C)c1=O. The van der Waals surface area contributed by atoms with Crippen molar-refractivity contribution in [3.8, 4) is 0 Å². The largest absolute Gasteiger partial charge is 0.463 e. The number of rotatable bonds is 3. The number of ether oxygens (including phenoxy) is 1. The van der Waals surface area contributed by atoms with Gasteiger partial charge in [0.25, 0.3) is 5.56 Å². The topological polar surface area (TPSA) is 70.3 Å². The van der Waals surface area contributed by atoms with Gasteiger partial charge in [0.15, 0.2) is 0 Å². The van der Waals surface area contributed by atoms with E-state index in [1.165, 1.54) is 20.2 Å². The maximum absolute atomic E-state index is 11.8. The summed E-state index contributed by atoms with van der Waals surface area (Å²) in [4.78, 5) is 34.5. The minimum absolute atomic E-state index is 0.0244. The van der Waals surface area contributed by atoms with Crippen molar-refractivity contribution in [3.05, 3.63) is 37.6 Å². The van der Waals surface area contributed by atoms with Crippen molar-refractivity contribution < 1.29 is 9.53 Å². The van der Waals surface area contributed by atoms with E-state index in [4.69, 9.17) is 11.6 Å². The molecule has 1 aromatic heterocycles. The Hall–Kier alpha value is -1.82. The summed E-state index contributed by atoms with van der Waals surface area (Å²) in [6.07, 6.45) is 2.33. The minimum Gasteiger partial charge on any atom is -0.463 e. The Morgan fingerprint density at radius 2 is 1.94 bits per heavy atom. The zero-order valence-electron chi connectivity index (χ0n) is 10.3. The first-order chi connectivity index (χ1) is 8.40. The van der Waals surface area contributed by atoms with E-state index in [0.29, 0.717) is 0 Å². The highest BCUT2D eigenvalue weighted by Gasteiger charge is 2.11. The fourth-order valence-corrected chi connectivity index (χ4v) is 1.54. The minimum atomic E-state index is -0.579. The van der Waals surface area contributed by atoms with Gasteiger partial charge in [0.2, 0.25) is 0 Å². The first-order valence-corrected chi connectivity index (χ1v) is 5.58. The van der Waals surface area contributed by atoms with E-state index in [0.717, 1.165) is 15.2 Å². The molecule has 18 heavy (non-hydrogen) atoms. The summed E-state index contributed by atoms with van der Waals surface area (Å²) in [5, 5.41) is -0.0244. The van der Waals surface area contributed by atoms with Gasteiger partial charge in [-0.3, -0.25) is 13.9 Å². The molecule has 98 valence electrons. The third kappa shape index (κ3) is 2.70. The van der Waals surface area contributed by atoms with Gasteiger partial charge in [0.1, 0.15) is 5.15 Å². The molecule has 7 heteroatoms. The maximum atomic E-state index is 11.8. The van der Waals surface area contributed by atoms with Gasteiger partial charge in [-0.25, -0.2) is 9.59 Å². The predicted molar refractivity (Wildman–Crippen MR) is 67.6 cm³/mol. The Labute approximate surface area is 108 Å². The Bertz CT molecular complexity index is 613. The Kier molecular flexibility index (Phi) is 4.49. The number of nitrogens with zero attached hydrogens (tertiary/aromatic N) is 2. The van der Waals surface area contributed by atoms with Crippen LogP contribution in [0.15, 0.2) is 15.7 Å². The molecule has 0 aliphatic rings. The van der Waals surface area contributed by atoms with Crippen molar-refractivity contribution in [3.63, 3.8) is 0 Å². The average Bonchev–Trinajstić information content (AvgIpc) is 2.34. The normalized spacial score (nSPS) is 10.9. The molecule has 0 amide bonds. The number of carbonyl (C=O) groups excluding carboxylic acids is 1. The van der Waals surface area contributed by atoms with Crippen LogP contribution in [0.2, 0.25) is 5.15 Å². The Morgan fingerprint density at radius 1 is 1.33 bits per heavy atom. The zero-order chi connectivity index (χ0) is 13.9. The van der Waals surface area contributed by atoms with Gasteiger partial charge in [-0.1, -0.05) is 11.6 Å². The molecular formula is C11H13ClN2O4. The Morgan fingerprint density at radius 3 is 2.50 bits per heavy atom. The first kappa shape index (κ1) is 14.2. The lowest BCUT2D eigenvalue weighted by Crippen LogP contribution is -2.38. The summed E-state index contributed by atoms with van der Waals surface area (Å²) < 4.78 is 6.71. The molecule has 0 spiro atoms. The van der Waals surface area contributed by atoms with Gasteiger partial charge in [0, 0.05) is 20.2 Å². The molecule has 6 nitrogen and oxygen atoms in total. The van der Waals surface area contributed by atoms with Crippen LogP contribution in [-0.4, -0.2) is 21.7 Å². The van der Waals surface area contributed by atoms with Gasteiger partial charge in [0.05, 0.1) is 12.2 Å². The predicted octanol–water partition coefficient (Wildman–Crippen LogP) is 0.314. The number of esters is 1. The summed E-state index contributed by atoms with van der Waals surface area (Å²) >= 11 is 5.88. The Balaban J connectivity index is 3.31. The summed E-state index contributed by atoms with van der Waals surface area (Å²) in [6, 6.07) is 0. The van der Waals surface area contributed by atoms with Crippen LogP contribution >= 0.6 is 11.6 Å². The van der Waals surface area contributed by atoms with E-state index < -0.39 is 17.2 Å². The average molecular weight is 273 g/mol. The molecule has 1 heterocycles. The standard InChI is InChI=1S/C11H13ClN2O4/c1-4-18-8(15)6-5-7-9(12)13(2)11(17)14(3)10(7)16/h5-6H,4H2,1-3H3. The molecule has 0 fully saturated rings. The zero-order valence-corrected chi connectivity index (χ0v) is 11.0. The van der Waals surface area contributed by atoms with Crippen LogP contribution in [-0.2, 0) is 23.6 Å². The van der Waals surface area contributed by atoms with Crippen molar-refractivity contribution in [1.82, 2.24) is 9.13 Å². The molecule has 1 aromatic rings. The molecule has 0 radical (unpaired) electrons. The monoisotopic (exact) mass is 272 g/mol. The summed E-state index contributed by atoms with van der Waals surface area (Å²) in [7, 11) is 2.77. The number of hydrogen-bond donors (Lipinski definition) is 0. The van der Waals surface area contributed by atoms with E-state index in [1.807, 2.05) is 0 Å². The van der Waals surface area contributed by atoms with E-state index in [-0.39, 0.29) is 17.3 Å². The van der Waals surface area contributed by atoms with Crippen LogP contribution in [0.3, 0.4) is 0 Å². The highest BCUT2D eigenvalue weighted by molar-refractivity contribution is 6.31. The molecular weight excluding hydrogens is 260 g/mol. The summed E-state index contributed by atoms with van der Waals surface area (Å²) in [6.45, 7) is 1.91. The molecule has 0 bridgehead atoms. The molecule has 0 saturated carbocycles. The van der Waals surface area contributed by atoms with Crippen LogP contribution in [0, 0.1) is 0 Å². The second kappa shape index (κ2) is 5.68. The highest BCUT2D eigenvalue weighted by Crippen LogP contribution is 2.10. The van der Waals surface area contributed by atoms with Crippen LogP contribution < -0.4 is 11.2 Å². The van der Waals surface area contributed by atoms with Crippen molar-refractivity contribution in [2.24, 2.45) is 14.1 Å². The quantitative estimate of drug-likeness (QED) is 0.451. The van der Waals surface area contributed by atoms with Crippen molar-refractivity contribution in [2.75, 3.05) is 6.61 Å². The fourth-order valence-electron chi connectivity index (χ4n) is 1.33. The number of hydrogen-bond acceptors (Lipinski definition) is 4. The number of carbonyl (C=O) groups is 1. The summed E-state index contributed by atoms with van der Waals surface area (Å²) in [5.41, 5.74) is -1.03. The van der Waals surface area contributed by atoms with Crippen molar-refractivity contribution >= 4 is 23.6 Å². The van der Waals surface area contributed by atoms with Gasteiger partial charge < -0.3 is 4.74 Å².